The summed E-state index contributed by atoms with van der Waals surface area (Å²) in [7, 11) is -3.55. The normalized spacial score (nSPS) is 13.7. The minimum atomic E-state index is -3.55. The van der Waals surface area contributed by atoms with Crippen LogP contribution in [0.2, 0.25) is 5.02 Å². The summed E-state index contributed by atoms with van der Waals surface area (Å²) in [6, 6.07) is 31.9. The van der Waals surface area contributed by atoms with Crippen molar-refractivity contribution < 1.29 is 18.0 Å². The third kappa shape index (κ3) is 8.32. The van der Waals surface area contributed by atoms with Gasteiger partial charge in [-0.25, -0.2) is 13.1 Å². The monoisotopic (exact) mass is 615 g/mol. The second kappa shape index (κ2) is 14.0. The molecule has 7 nitrogen and oxygen atoms in total. The molecule has 4 aromatic rings. The number of benzene rings is 4. The Kier molecular flexibility index (Phi) is 9.92. The van der Waals surface area contributed by atoms with E-state index in [1.807, 2.05) is 78.9 Å². The van der Waals surface area contributed by atoms with Crippen molar-refractivity contribution in [3.05, 3.63) is 136 Å². The Morgan fingerprint density at radius 1 is 0.814 bits per heavy atom. The fraction of sp³-hybridized carbons (Fsp3) is 0.235. The molecular formula is C34H34ClN3O4S. The first-order chi connectivity index (χ1) is 20.8. The van der Waals surface area contributed by atoms with Gasteiger partial charge in [-0.3, -0.25) is 9.59 Å². The molecule has 222 valence electrons. The molecule has 4 aromatic carbocycles. The molecule has 2 amide bonds. The molecule has 0 saturated heterocycles. The smallest absolute Gasteiger partial charge is 0.247 e. The van der Waals surface area contributed by atoms with Crippen LogP contribution < -0.4 is 10.0 Å². The van der Waals surface area contributed by atoms with Crippen LogP contribution >= 0.6 is 11.6 Å². The highest BCUT2D eigenvalue weighted by molar-refractivity contribution is 7.89. The van der Waals surface area contributed by atoms with Crippen LogP contribution in [0.25, 0.3) is 0 Å². The fourth-order valence-electron chi connectivity index (χ4n) is 4.85. The van der Waals surface area contributed by atoms with Gasteiger partial charge >= 0.3 is 0 Å². The molecule has 1 aliphatic rings. The Hall–Kier alpha value is -3.98. The van der Waals surface area contributed by atoms with Crippen molar-refractivity contribution in [2.75, 3.05) is 0 Å². The Morgan fingerprint density at radius 2 is 1.44 bits per heavy atom. The van der Waals surface area contributed by atoms with Crippen LogP contribution in [0.5, 0.6) is 0 Å². The molecule has 9 heteroatoms. The predicted octanol–water partition coefficient (Wildman–Crippen LogP) is 5.80. The molecule has 0 bridgehead atoms. The summed E-state index contributed by atoms with van der Waals surface area (Å²) in [4.78, 5) is 29.6. The standard InChI is InChI=1S/C34H34ClN3O4S/c35-31-14-8-7-13-28(31)23-36-34(40)33(27-11-5-2-6-12-27)38(24-26-9-3-1-4-10-26)32(39)22-17-25-15-20-30(21-16-25)43(41,42)37-29-18-19-29/h1-16,20-21,29,33,37H,17-19,22-24H2,(H,36,40). The summed E-state index contributed by atoms with van der Waals surface area (Å²) in [6.45, 7) is 0.461. The van der Waals surface area contributed by atoms with Crippen molar-refractivity contribution in [1.82, 2.24) is 14.9 Å². The van der Waals surface area contributed by atoms with E-state index in [9.17, 15) is 18.0 Å². The number of aryl methyl sites for hydroxylation is 1. The van der Waals surface area contributed by atoms with E-state index in [1.165, 1.54) is 0 Å². The van der Waals surface area contributed by atoms with E-state index in [0.717, 1.165) is 29.5 Å². The van der Waals surface area contributed by atoms with Crippen LogP contribution in [0.15, 0.2) is 114 Å². The van der Waals surface area contributed by atoms with Crippen molar-refractivity contribution in [3.8, 4) is 0 Å². The van der Waals surface area contributed by atoms with Crippen LogP contribution in [0, 0.1) is 0 Å². The lowest BCUT2D eigenvalue weighted by Crippen LogP contribution is -2.43. The highest BCUT2D eigenvalue weighted by atomic mass is 35.5. The molecular weight excluding hydrogens is 582 g/mol. The molecule has 0 spiro atoms. The van der Waals surface area contributed by atoms with Crippen LogP contribution in [0.1, 0.15) is 47.6 Å². The lowest BCUT2D eigenvalue weighted by molar-refractivity contribution is -0.141. The summed E-state index contributed by atoms with van der Waals surface area (Å²) in [6.07, 6.45) is 2.26. The zero-order valence-corrected chi connectivity index (χ0v) is 25.2. The van der Waals surface area contributed by atoms with E-state index in [4.69, 9.17) is 11.6 Å². The van der Waals surface area contributed by atoms with Gasteiger partial charge in [0.05, 0.1) is 4.90 Å². The average molecular weight is 616 g/mol. The molecule has 2 N–H and O–H groups in total. The number of hydrogen-bond donors (Lipinski definition) is 2. The quantitative estimate of drug-likeness (QED) is 0.199. The molecule has 43 heavy (non-hydrogen) atoms. The van der Waals surface area contributed by atoms with Gasteiger partial charge in [0.2, 0.25) is 21.8 Å². The van der Waals surface area contributed by atoms with Crippen molar-refractivity contribution in [3.63, 3.8) is 0 Å². The first-order valence-corrected chi connectivity index (χ1v) is 16.2. The highest BCUT2D eigenvalue weighted by Crippen LogP contribution is 2.26. The minimum Gasteiger partial charge on any atom is -0.350 e. The van der Waals surface area contributed by atoms with Gasteiger partial charge in [0.1, 0.15) is 6.04 Å². The number of sulfonamides is 1. The first kappa shape index (κ1) is 30.5. The number of hydrogen-bond acceptors (Lipinski definition) is 4. The number of halogens is 1. The second-order valence-electron chi connectivity index (χ2n) is 10.7. The van der Waals surface area contributed by atoms with Crippen LogP contribution in [0.3, 0.4) is 0 Å². The summed E-state index contributed by atoms with van der Waals surface area (Å²) in [5, 5.41) is 3.55. The average Bonchev–Trinajstić information content (AvgIpc) is 3.84. The molecule has 1 fully saturated rings. The topological polar surface area (TPSA) is 95.6 Å². The zero-order valence-electron chi connectivity index (χ0n) is 23.7. The van der Waals surface area contributed by atoms with E-state index in [2.05, 4.69) is 10.0 Å². The number of carbonyl (C=O) groups is 2. The van der Waals surface area contributed by atoms with E-state index in [0.29, 0.717) is 17.0 Å². The second-order valence-corrected chi connectivity index (χ2v) is 12.8. The molecule has 5 rings (SSSR count). The lowest BCUT2D eigenvalue weighted by Gasteiger charge is -2.32. The molecule has 1 atom stereocenters. The van der Waals surface area contributed by atoms with Crippen molar-refractivity contribution in [1.29, 1.82) is 0 Å². The van der Waals surface area contributed by atoms with Gasteiger partial charge in [0.25, 0.3) is 0 Å². The van der Waals surface area contributed by atoms with Crippen molar-refractivity contribution in [2.24, 2.45) is 0 Å². The Balaban J connectivity index is 1.36. The predicted molar refractivity (Wildman–Crippen MR) is 168 cm³/mol. The Labute approximate surface area is 257 Å². The van der Waals surface area contributed by atoms with E-state index in [-0.39, 0.29) is 42.3 Å². The SMILES string of the molecule is O=C(NCc1ccccc1Cl)C(c1ccccc1)N(Cc1ccccc1)C(=O)CCc1ccc(S(=O)(=O)NC2CC2)cc1. The first-order valence-electron chi connectivity index (χ1n) is 14.3. The van der Waals surface area contributed by atoms with Gasteiger partial charge in [0.15, 0.2) is 0 Å². The van der Waals surface area contributed by atoms with Crippen molar-refractivity contribution in [2.45, 2.75) is 55.8 Å². The third-order valence-corrected chi connectivity index (χ3v) is 9.27. The summed E-state index contributed by atoms with van der Waals surface area (Å²) < 4.78 is 27.8. The maximum absolute atomic E-state index is 13.9. The number of amides is 2. The third-order valence-electron chi connectivity index (χ3n) is 7.36. The van der Waals surface area contributed by atoms with Gasteiger partial charge in [-0.1, -0.05) is 103 Å². The van der Waals surface area contributed by atoms with Gasteiger partial charge in [0, 0.05) is 30.6 Å². The van der Waals surface area contributed by atoms with Gasteiger partial charge < -0.3 is 10.2 Å². The van der Waals surface area contributed by atoms with E-state index in [1.54, 1.807) is 35.2 Å². The number of nitrogens with zero attached hydrogens (tertiary/aromatic N) is 1. The largest absolute Gasteiger partial charge is 0.350 e. The molecule has 0 heterocycles. The van der Waals surface area contributed by atoms with Crippen LogP contribution in [0.4, 0.5) is 0 Å². The Bertz CT molecular complexity index is 1640. The van der Waals surface area contributed by atoms with Crippen LogP contribution in [-0.4, -0.2) is 31.2 Å². The molecule has 1 aliphatic carbocycles. The van der Waals surface area contributed by atoms with Gasteiger partial charge in [-0.15, -0.1) is 0 Å². The molecule has 1 unspecified atom stereocenters. The van der Waals surface area contributed by atoms with Crippen molar-refractivity contribution >= 4 is 33.4 Å². The molecule has 0 aliphatic heterocycles. The maximum atomic E-state index is 13.9. The molecule has 1 saturated carbocycles. The highest BCUT2D eigenvalue weighted by Gasteiger charge is 2.32. The summed E-state index contributed by atoms with van der Waals surface area (Å²) in [5.74, 6) is -0.508. The maximum Gasteiger partial charge on any atom is 0.247 e. The fourth-order valence-corrected chi connectivity index (χ4v) is 6.36. The van der Waals surface area contributed by atoms with Gasteiger partial charge in [-0.2, -0.15) is 0 Å². The Morgan fingerprint density at radius 3 is 2.09 bits per heavy atom. The number of nitrogens with one attached hydrogen (secondary N) is 2. The summed E-state index contributed by atoms with van der Waals surface area (Å²) >= 11 is 6.33. The van der Waals surface area contributed by atoms with E-state index >= 15 is 0 Å². The van der Waals surface area contributed by atoms with Gasteiger partial charge in [-0.05, 0) is 59.7 Å². The summed E-state index contributed by atoms with van der Waals surface area (Å²) in [5.41, 5.74) is 3.20. The number of carbonyl (C=O) groups excluding carboxylic acids is 2. The van der Waals surface area contributed by atoms with E-state index < -0.39 is 16.1 Å². The minimum absolute atomic E-state index is 0.0253. The molecule has 0 aromatic heterocycles. The zero-order chi connectivity index (χ0) is 30.2. The number of rotatable bonds is 13. The molecule has 0 radical (unpaired) electrons. The lowest BCUT2D eigenvalue weighted by atomic mass is 10.0. The van der Waals surface area contributed by atoms with Crippen LogP contribution in [-0.2, 0) is 39.1 Å².